The molecule has 0 amide bonds. The maximum absolute atomic E-state index is 14.1. The van der Waals surface area contributed by atoms with Crippen molar-refractivity contribution in [3.8, 4) is 0 Å². The molecule has 1 rings (SSSR count). The van der Waals surface area contributed by atoms with Crippen molar-refractivity contribution in [3.05, 3.63) is 39.2 Å². The number of hydrogen-bond donors (Lipinski definition) is 0. The van der Waals surface area contributed by atoms with Gasteiger partial charge in [-0.3, -0.25) is 8.78 Å². The zero-order valence-electron chi connectivity index (χ0n) is 15.4. The van der Waals surface area contributed by atoms with Crippen LogP contribution in [-0.4, -0.2) is 46.4 Å². The summed E-state index contributed by atoms with van der Waals surface area (Å²) in [5.41, 5.74) is -3.17. The monoisotopic (exact) mass is 569 g/mol. The second-order valence-corrected chi connectivity index (χ2v) is 10.7. The molecule has 0 aliphatic carbocycles. The van der Waals surface area contributed by atoms with Crippen molar-refractivity contribution in [2.24, 2.45) is 0 Å². The number of hydrogen-bond acceptors (Lipinski definition) is 4. The lowest BCUT2D eigenvalue weighted by atomic mass is 10.2. The third-order valence-corrected chi connectivity index (χ3v) is 8.64. The predicted molar refractivity (Wildman–Crippen MR) is 82.5 cm³/mol. The van der Waals surface area contributed by atoms with Gasteiger partial charge >= 0.3 is 18.5 Å². The van der Waals surface area contributed by atoms with E-state index in [4.69, 9.17) is 0 Å². The Kier molecular flexibility index (Phi) is 8.15. The molecule has 4 nitrogen and oxygen atoms in total. The first-order valence-electron chi connectivity index (χ1n) is 7.90. The summed E-state index contributed by atoms with van der Waals surface area (Å²) in [4.78, 5) is 0. The van der Waals surface area contributed by atoms with E-state index in [2.05, 4.69) is 0 Å². The molecule has 0 aliphatic heterocycles. The molecular formula is C14H7F14O4S2-. The summed E-state index contributed by atoms with van der Waals surface area (Å²) in [6.07, 6.45) is -24.3. The van der Waals surface area contributed by atoms with Gasteiger partial charge in [0.25, 0.3) is 0 Å². The fraction of sp³-hybridized carbons (Fsp3) is 0.500. The van der Waals surface area contributed by atoms with Crippen LogP contribution in [0.5, 0.6) is 0 Å². The minimum absolute atomic E-state index is 2.63. The highest BCUT2D eigenvalue weighted by Crippen LogP contribution is 2.44. The Morgan fingerprint density at radius 3 is 1.35 bits per heavy atom. The van der Waals surface area contributed by atoms with Gasteiger partial charge in [-0.05, 0) is 0 Å². The summed E-state index contributed by atoms with van der Waals surface area (Å²) in [6, 6.07) is 0. The molecule has 1 aromatic rings. The first kappa shape index (κ1) is 30.0. The Hall–Kier alpha value is -1.99. The number of rotatable bonds is 7. The van der Waals surface area contributed by atoms with Crippen molar-refractivity contribution in [2.75, 3.05) is 5.75 Å². The van der Waals surface area contributed by atoms with E-state index in [9.17, 15) is 78.3 Å². The van der Waals surface area contributed by atoms with E-state index >= 15 is 0 Å². The lowest BCUT2D eigenvalue weighted by Crippen LogP contribution is -2.45. The van der Waals surface area contributed by atoms with E-state index in [1.54, 1.807) is 0 Å². The van der Waals surface area contributed by atoms with Crippen molar-refractivity contribution in [2.45, 2.75) is 36.6 Å². The van der Waals surface area contributed by atoms with E-state index < -0.39 is 101 Å². The number of benzene rings is 1. The fourth-order valence-electron chi connectivity index (χ4n) is 2.34. The van der Waals surface area contributed by atoms with Gasteiger partial charge in [0.05, 0.1) is 34.8 Å². The van der Waals surface area contributed by atoms with Gasteiger partial charge < -0.3 is 0 Å². The molecular weight excluding hydrogens is 562 g/mol. The predicted octanol–water partition coefficient (Wildman–Crippen LogP) is 4.88. The first-order chi connectivity index (χ1) is 14.8. The van der Waals surface area contributed by atoms with Crippen LogP contribution in [0, 0.1) is 33.7 Å². The second-order valence-electron chi connectivity index (χ2n) is 6.31. The molecule has 198 valence electrons. The molecule has 1 unspecified atom stereocenters. The second kappa shape index (κ2) is 9.23. The van der Waals surface area contributed by atoms with Crippen LogP contribution in [0.3, 0.4) is 0 Å². The highest BCUT2D eigenvalue weighted by atomic mass is 32.3. The van der Waals surface area contributed by atoms with E-state index in [1.807, 2.05) is 0 Å². The Labute approximate surface area is 180 Å². The van der Waals surface area contributed by atoms with E-state index in [0.717, 1.165) is 0 Å². The molecule has 0 spiro atoms. The lowest BCUT2D eigenvalue weighted by Gasteiger charge is -2.32. The van der Waals surface area contributed by atoms with Gasteiger partial charge in [0.2, 0.25) is 0 Å². The molecule has 0 heterocycles. The van der Waals surface area contributed by atoms with Crippen LogP contribution in [-0.2, 0) is 19.7 Å². The highest BCUT2D eigenvalue weighted by Gasteiger charge is 2.57. The zero-order valence-corrected chi connectivity index (χ0v) is 17.1. The SMILES string of the molecule is O=S(=O)(CCC(F)(F)F)[C-](c1c(F)c(F)c(F)c(F)c1F)S(=O)(=O)C(CC(F)(F)F)C(F)(F)F. The number of sulfone groups is 2. The highest BCUT2D eigenvalue weighted by molar-refractivity contribution is 8.13. The lowest BCUT2D eigenvalue weighted by molar-refractivity contribution is -0.179. The molecule has 0 saturated carbocycles. The van der Waals surface area contributed by atoms with Gasteiger partial charge in [-0.1, -0.05) is 5.56 Å². The summed E-state index contributed by atoms with van der Waals surface area (Å²) < 4.78 is 228. The standard InChI is InChI=1S/C14H7F14O4S2/c15-6-5(7(16)9(18)10(19)8(6)17)11(33(29,30)2-1-12(20,21)22)34(31,32)4(14(26,27)28)3-13(23,24)25/h4H,1-3H2/q-1. The van der Waals surface area contributed by atoms with Crippen LogP contribution in [0.2, 0.25) is 0 Å². The number of alkyl halides is 9. The molecule has 0 bridgehead atoms. The molecule has 0 aliphatic rings. The Morgan fingerprint density at radius 2 is 1.03 bits per heavy atom. The van der Waals surface area contributed by atoms with Gasteiger partial charge in [-0.15, -0.1) is 0 Å². The summed E-state index contributed by atoms with van der Waals surface area (Å²) in [7, 11) is -14.0. The van der Waals surface area contributed by atoms with Crippen molar-refractivity contribution < 1.29 is 78.3 Å². The quantitative estimate of drug-likeness (QED) is 0.203. The van der Waals surface area contributed by atoms with Gasteiger partial charge in [0.15, 0.2) is 20.9 Å². The minimum Gasteiger partial charge on any atom is -0.280 e. The molecule has 0 aromatic heterocycles. The molecule has 0 N–H and O–H groups in total. The van der Waals surface area contributed by atoms with Crippen LogP contribution in [0.1, 0.15) is 18.4 Å². The Morgan fingerprint density at radius 1 is 0.647 bits per heavy atom. The first-order valence-corrected chi connectivity index (χ1v) is 11.1. The van der Waals surface area contributed by atoms with E-state index in [0.29, 0.717) is 0 Å². The van der Waals surface area contributed by atoms with Gasteiger partial charge in [0.1, 0.15) is 21.5 Å². The molecule has 0 radical (unpaired) electrons. The molecule has 34 heavy (non-hydrogen) atoms. The normalized spacial score (nSPS) is 14.9. The van der Waals surface area contributed by atoms with Crippen molar-refractivity contribution in [1.29, 1.82) is 0 Å². The van der Waals surface area contributed by atoms with Crippen LogP contribution in [0.15, 0.2) is 0 Å². The third kappa shape index (κ3) is 6.57. The molecule has 20 heteroatoms. The van der Waals surface area contributed by atoms with Crippen LogP contribution in [0.25, 0.3) is 0 Å². The summed E-state index contributed by atoms with van der Waals surface area (Å²) >= 11 is 0. The maximum Gasteiger partial charge on any atom is 0.405 e. The fourth-order valence-corrected chi connectivity index (χ4v) is 7.01. The summed E-state index contributed by atoms with van der Waals surface area (Å²) in [6.45, 7) is 0. The van der Waals surface area contributed by atoms with Crippen molar-refractivity contribution in [3.63, 3.8) is 0 Å². The topological polar surface area (TPSA) is 68.3 Å². The third-order valence-electron chi connectivity index (χ3n) is 3.77. The van der Waals surface area contributed by atoms with Crippen LogP contribution < -0.4 is 0 Å². The molecule has 0 saturated heterocycles. The average molecular weight is 569 g/mol. The Balaban J connectivity index is 4.10. The van der Waals surface area contributed by atoms with Crippen LogP contribution in [0.4, 0.5) is 61.5 Å². The van der Waals surface area contributed by atoms with Gasteiger partial charge in [-0.2, -0.15) is 39.5 Å². The summed E-state index contributed by atoms with van der Waals surface area (Å²) in [5, 5.41) is -4.91. The van der Waals surface area contributed by atoms with Crippen molar-refractivity contribution >= 4 is 19.7 Å². The number of halogens is 14. The minimum atomic E-state index is -7.34. The average Bonchev–Trinajstić information content (AvgIpc) is 2.62. The smallest absolute Gasteiger partial charge is 0.280 e. The van der Waals surface area contributed by atoms with E-state index in [-0.39, 0.29) is 0 Å². The largest absolute Gasteiger partial charge is 0.405 e. The van der Waals surface area contributed by atoms with Gasteiger partial charge in [-0.25, -0.2) is 30.0 Å². The Bertz CT molecular complexity index is 1100. The summed E-state index contributed by atoms with van der Waals surface area (Å²) in [5.74, 6) is -18.9. The maximum atomic E-state index is 14.1. The van der Waals surface area contributed by atoms with Crippen molar-refractivity contribution in [1.82, 2.24) is 0 Å². The van der Waals surface area contributed by atoms with E-state index in [1.165, 1.54) is 0 Å². The molecule has 0 fully saturated rings. The van der Waals surface area contributed by atoms with Gasteiger partial charge in [0, 0.05) is 0 Å². The molecule has 1 atom stereocenters. The van der Waals surface area contributed by atoms with Crippen LogP contribution >= 0.6 is 0 Å². The zero-order chi connectivity index (χ0) is 27.2. The molecule has 1 aromatic carbocycles.